The van der Waals surface area contributed by atoms with Crippen LogP contribution >= 0.6 is 0 Å². The zero-order valence-electron chi connectivity index (χ0n) is 14.3. The fourth-order valence-corrected chi connectivity index (χ4v) is 3.01. The van der Waals surface area contributed by atoms with E-state index < -0.39 is 0 Å². The quantitative estimate of drug-likeness (QED) is 0.256. The third-order valence-electron chi connectivity index (χ3n) is 4.55. The summed E-state index contributed by atoms with van der Waals surface area (Å²) in [7, 11) is 0. The zero-order chi connectivity index (χ0) is 14.9. The molecule has 0 spiro atoms. The smallest absolute Gasteiger partial charge is 0.0417 e. The number of hydrogen-bond donors (Lipinski definition) is 0. The summed E-state index contributed by atoms with van der Waals surface area (Å²) in [5.74, 6) is 1.00. The van der Waals surface area contributed by atoms with E-state index in [1.807, 2.05) is 0 Å². The molecule has 0 fully saturated rings. The molecule has 0 aromatic rings. The van der Waals surface area contributed by atoms with Crippen LogP contribution in [0.1, 0.15) is 110 Å². The summed E-state index contributed by atoms with van der Waals surface area (Å²) in [6.45, 7) is 10.2. The van der Waals surface area contributed by atoms with Crippen molar-refractivity contribution in [2.75, 3.05) is 0 Å². The van der Waals surface area contributed by atoms with E-state index in [0.29, 0.717) is 0 Å². The van der Waals surface area contributed by atoms with Gasteiger partial charge in [-0.2, -0.15) is 0 Å². The molecule has 120 valence electrons. The van der Waals surface area contributed by atoms with Gasteiger partial charge in [-0.1, -0.05) is 124 Å². The fraction of sp³-hybridized carbons (Fsp3) is 0.900. The second-order valence-corrected chi connectivity index (χ2v) is 6.45. The molecule has 0 amide bonds. The van der Waals surface area contributed by atoms with Crippen molar-refractivity contribution >= 4 is 0 Å². The monoisotopic (exact) mass is 280 g/mol. The summed E-state index contributed by atoms with van der Waals surface area (Å²) in [5.41, 5.74) is 0. The molecular weight excluding hydrogens is 240 g/mol. The van der Waals surface area contributed by atoms with Gasteiger partial charge in [0, 0.05) is 0 Å². The van der Waals surface area contributed by atoms with Crippen LogP contribution in [0.4, 0.5) is 0 Å². The average Bonchev–Trinajstić information content (AvgIpc) is 2.47. The summed E-state index contributed by atoms with van der Waals surface area (Å²) in [6.07, 6.45) is 22.1. The average molecular weight is 281 g/mol. The highest BCUT2D eigenvalue weighted by Crippen LogP contribution is 2.21. The minimum atomic E-state index is 1.00. The van der Waals surface area contributed by atoms with Crippen molar-refractivity contribution < 1.29 is 0 Å². The first kappa shape index (κ1) is 20.0. The summed E-state index contributed by atoms with van der Waals surface area (Å²) in [6, 6.07) is 0. The van der Waals surface area contributed by atoms with Crippen LogP contribution in [0.15, 0.2) is 0 Å². The summed E-state index contributed by atoms with van der Waals surface area (Å²) < 4.78 is 0. The standard InChI is InChI=1S/C20H40/c1-4-7-9-11-12-13-15-17-19-20(6-3)18-16-14-10-8-5-2/h20H,1-2,4-19H2,3H3. The van der Waals surface area contributed by atoms with Gasteiger partial charge in [0.15, 0.2) is 0 Å². The maximum atomic E-state index is 3.91. The van der Waals surface area contributed by atoms with Crippen molar-refractivity contribution in [3.63, 3.8) is 0 Å². The number of rotatable bonds is 16. The van der Waals surface area contributed by atoms with E-state index in [4.69, 9.17) is 0 Å². The second kappa shape index (κ2) is 17.1. The Balaban J connectivity index is 3.28. The molecule has 0 saturated carbocycles. The third-order valence-corrected chi connectivity index (χ3v) is 4.55. The molecule has 0 bridgehead atoms. The lowest BCUT2D eigenvalue weighted by Gasteiger charge is -2.14. The van der Waals surface area contributed by atoms with Gasteiger partial charge in [-0.15, -0.1) is 0 Å². The number of hydrogen-bond acceptors (Lipinski definition) is 0. The Morgan fingerprint density at radius 3 is 1.25 bits per heavy atom. The Kier molecular flexibility index (Phi) is 17.1. The molecule has 0 heterocycles. The van der Waals surface area contributed by atoms with Crippen LogP contribution in [0.25, 0.3) is 0 Å². The van der Waals surface area contributed by atoms with Gasteiger partial charge in [0.1, 0.15) is 0 Å². The first-order valence-electron chi connectivity index (χ1n) is 9.43. The van der Waals surface area contributed by atoms with Gasteiger partial charge in [-0.05, 0) is 5.92 Å². The highest BCUT2D eigenvalue weighted by atomic mass is 14.1. The lowest BCUT2D eigenvalue weighted by atomic mass is 9.92. The van der Waals surface area contributed by atoms with Gasteiger partial charge in [-0.25, -0.2) is 0 Å². The molecule has 0 aromatic carbocycles. The zero-order valence-corrected chi connectivity index (χ0v) is 14.3. The van der Waals surface area contributed by atoms with Gasteiger partial charge in [0.25, 0.3) is 0 Å². The van der Waals surface area contributed by atoms with Crippen molar-refractivity contribution in [1.82, 2.24) is 0 Å². The minimum Gasteiger partial charge on any atom is -0.0651 e. The molecule has 0 aliphatic rings. The third kappa shape index (κ3) is 14.4. The first-order chi connectivity index (χ1) is 9.85. The second-order valence-electron chi connectivity index (χ2n) is 6.45. The van der Waals surface area contributed by atoms with Crippen LogP contribution in [-0.4, -0.2) is 0 Å². The van der Waals surface area contributed by atoms with Crippen LogP contribution in [-0.2, 0) is 0 Å². The summed E-state index contributed by atoms with van der Waals surface area (Å²) >= 11 is 0. The predicted octanol–water partition coefficient (Wildman–Crippen LogP) is 7.53. The molecule has 0 aliphatic heterocycles. The maximum Gasteiger partial charge on any atom is -0.0417 e. The minimum absolute atomic E-state index is 1.00. The van der Waals surface area contributed by atoms with Gasteiger partial charge in [0.2, 0.25) is 0 Å². The van der Waals surface area contributed by atoms with Crippen LogP contribution < -0.4 is 0 Å². The van der Waals surface area contributed by atoms with E-state index in [2.05, 4.69) is 20.8 Å². The van der Waals surface area contributed by atoms with Crippen molar-refractivity contribution in [3.8, 4) is 0 Å². The maximum absolute atomic E-state index is 3.91. The highest BCUT2D eigenvalue weighted by molar-refractivity contribution is 4.59. The topological polar surface area (TPSA) is 0 Å². The lowest BCUT2D eigenvalue weighted by molar-refractivity contribution is 0.393. The van der Waals surface area contributed by atoms with E-state index in [9.17, 15) is 0 Å². The Morgan fingerprint density at radius 1 is 0.550 bits per heavy atom. The van der Waals surface area contributed by atoms with E-state index in [-0.39, 0.29) is 0 Å². The van der Waals surface area contributed by atoms with Crippen molar-refractivity contribution in [3.05, 3.63) is 13.8 Å². The molecule has 0 aliphatic carbocycles. The highest BCUT2D eigenvalue weighted by Gasteiger charge is 2.05. The molecule has 0 N–H and O–H groups in total. The van der Waals surface area contributed by atoms with E-state index >= 15 is 0 Å². The largest absolute Gasteiger partial charge is 0.0651 e. The molecule has 0 aromatic heterocycles. The summed E-state index contributed by atoms with van der Waals surface area (Å²) in [4.78, 5) is 0. The SMILES string of the molecule is [CH2]CCCCCCCCCC(CC)CCCCCC[CH2]. The first-order valence-corrected chi connectivity index (χ1v) is 9.43. The molecule has 0 saturated heterocycles. The fourth-order valence-electron chi connectivity index (χ4n) is 3.01. The molecular formula is C20H40. The van der Waals surface area contributed by atoms with Crippen LogP contribution in [0, 0.1) is 19.8 Å². The Labute approximate surface area is 130 Å². The van der Waals surface area contributed by atoms with E-state index in [0.717, 1.165) is 18.8 Å². The molecule has 0 heteroatoms. The van der Waals surface area contributed by atoms with E-state index in [1.54, 1.807) is 0 Å². The van der Waals surface area contributed by atoms with Crippen LogP contribution in [0.3, 0.4) is 0 Å². The number of unbranched alkanes of at least 4 members (excludes halogenated alkanes) is 11. The Bertz CT molecular complexity index is 161. The van der Waals surface area contributed by atoms with Crippen molar-refractivity contribution in [2.24, 2.45) is 5.92 Å². The molecule has 1 atom stereocenters. The van der Waals surface area contributed by atoms with Crippen molar-refractivity contribution in [1.29, 1.82) is 0 Å². The molecule has 0 rings (SSSR count). The summed E-state index contributed by atoms with van der Waals surface area (Å²) in [5, 5.41) is 0. The van der Waals surface area contributed by atoms with Gasteiger partial charge in [0.05, 0.1) is 0 Å². The lowest BCUT2D eigenvalue weighted by Crippen LogP contribution is -1.99. The van der Waals surface area contributed by atoms with E-state index in [1.165, 1.54) is 89.9 Å². The normalized spacial score (nSPS) is 12.8. The van der Waals surface area contributed by atoms with Gasteiger partial charge in [-0.3, -0.25) is 0 Å². The molecule has 0 nitrogen and oxygen atoms in total. The van der Waals surface area contributed by atoms with Crippen LogP contribution in [0.5, 0.6) is 0 Å². The molecule has 2 radical (unpaired) electrons. The van der Waals surface area contributed by atoms with Gasteiger partial charge >= 0.3 is 0 Å². The Hall–Kier alpha value is 0. The molecule has 20 heavy (non-hydrogen) atoms. The van der Waals surface area contributed by atoms with Crippen molar-refractivity contribution in [2.45, 2.75) is 110 Å². The Morgan fingerprint density at radius 2 is 0.900 bits per heavy atom. The predicted molar refractivity (Wildman–Crippen MR) is 93.8 cm³/mol. The van der Waals surface area contributed by atoms with Crippen LogP contribution in [0.2, 0.25) is 0 Å². The molecule has 1 unspecified atom stereocenters. The van der Waals surface area contributed by atoms with Gasteiger partial charge < -0.3 is 0 Å².